The van der Waals surface area contributed by atoms with Gasteiger partial charge >= 0.3 is 23.9 Å². The Morgan fingerprint density at radius 2 is 1.33 bits per heavy atom. The number of ether oxygens (including phenoxy) is 5. The summed E-state index contributed by atoms with van der Waals surface area (Å²) < 4.78 is 27.2. The van der Waals surface area contributed by atoms with Crippen LogP contribution in [0.3, 0.4) is 0 Å². The Morgan fingerprint density at radius 3 is 1.87 bits per heavy atom. The zero-order valence-corrected chi connectivity index (χ0v) is 17.9. The first kappa shape index (κ1) is 23.7. The van der Waals surface area contributed by atoms with Crippen molar-refractivity contribution in [3.8, 4) is 0 Å². The van der Waals surface area contributed by atoms with Crippen molar-refractivity contribution in [2.75, 3.05) is 6.61 Å². The van der Waals surface area contributed by atoms with E-state index in [9.17, 15) is 19.2 Å². The van der Waals surface area contributed by atoms with Crippen LogP contribution in [0.5, 0.6) is 0 Å². The standard InChI is InChI=1S/C20H24O9S/c1-11(21)25-10-16-17(26-12(2)22)18(27-13(3)23)19(28-14(4)24)20(29-16)30-15-8-6-5-7-9-15/h5-9,16-20H,10H2,1-4H3/t16-,17+,18+,19-,20-/m1/s1. The van der Waals surface area contributed by atoms with E-state index < -0.39 is 53.7 Å². The van der Waals surface area contributed by atoms with Crippen LogP contribution in [0.4, 0.5) is 0 Å². The predicted octanol–water partition coefficient (Wildman–Crippen LogP) is 1.86. The Bertz CT molecular complexity index is 767. The third-order valence-electron chi connectivity index (χ3n) is 3.94. The molecule has 0 aliphatic carbocycles. The van der Waals surface area contributed by atoms with Gasteiger partial charge in [0.2, 0.25) is 0 Å². The topological polar surface area (TPSA) is 114 Å². The van der Waals surface area contributed by atoms with Crippen LogP contribution in [-0.2, 0) is 42.9 Å². The van der Waals surface area contributed by atoms with Crippen LogP contribution in [0.15, 0.2) is 35.2 Å². The molecule has 30 heavy (non-hydrogen) atoms. The summed E-state index contributed by atoms with van der Waals surface area (Å²) in [6.07, 6.45) is -4.33. The fourth-order valence-electron chi connectivity index (χ4n) is 2.92. The van der Waals surface area contributed by atoms with Crippen LogP contribution in [0.25, 0.3) is 0 Å². The second-order valence-corrected chi connectivity index (χ2v) is 7.67. The molecule has 0 N–H and O–H groups in total. The lowest BCUT2D eigenvalue weighted by Gasteiger charge is -2.44. The third kappa shape index (κ3) is 7.03. The van der Waals surface area contributed by atoms with Crippen molar-refractivity contribution >= 4 is 35.6 Å². The average molecular weight is 440 g/mol. The van der Waals surface area contributed by atoms with Crippen molar-refractivity contribution in [3.05, 3.63) is 30.3 Å². The molecule has 1 aliphatic rings. The van der Waals surface area contributed by atoms with Gasteiger partial charge in [-0.25, -0.2) is 0 Å². The summed E-state index contributed by atoms with van der Waals surface area (Å²) in [6, 6.07) is 9.16. The van der Waals surface area contributed by atoms with Crippen molar-refractivity contribution in [2.24, 2.45) is 0 Å². The van der Waals surface area contributed by atoms with Gasteiger partial charge in [-0.15, -0.1) is 0 Å². The van der Waals surface area contributed by atoms with E-state index in [1.165, 1.54) is 39.5 Å². The number of hydrogen-bond acceptors (Lipinski definition) is 10. The molecule has 1 heterocycles. The van der Waals surface area contributed by atoms with E-state index in [0.29, 0.717) is 0 Å². The van der Waals surface area contributed by atoms with Crippen LogP contribution in [-0.4, -0.2) is 60.3 Å². The van der Waals surface area contributed by atoms with Gasteiger partial charge in [-0.1, -0.05) is 30.0 Å². The molecule has 10 heteroatoms. The summed E-state index contributed by atoms with van der Waals surface area (Å²) in [5, 5.41) is 0. The number of thioether (sulfide) groups is 1. The molecule has 2 rings (SSSR count). The molecule has 9 nitrogen and oxygen atoms in total. The molecule has 0 unspecified atom stereocenters. The summed E-state index contributed by atoms with van der Waals surface area (Å²) in [6.45, 7) is 4.56. The summed E-state index contributed by atoms with van der Waals surface area (Å²) in [5.41, 5.74) is -0.826. The zero-order valence-electron chi connectivity index (χ0n) is 17.1. The predicted molar refractivity (Wildman–Crippen MR) is 104 cm³/mol. The molecule has 0 amide bonds. The maximum atomic E-state index is 11.8. The van der Waals surface area contributed by atoms with Crippen molar-refractivity contribution in [1.82, 2.24) is 0 Å². The van der Waals surface area contributed by atoms with Crippen LogP contribution in [0.2, 0.25) is 0 Å². The van der Waals surface area contributed by atoms with Crippen LogP contribution in [0, 0.1) is 0 Å². The van der Waals surface area contributed by atoms with Crippen LogP contribution >= 0.6 is 11.8 Å². The molecule has 0 saturated carbocycles. The van der Waals surface area contributed by atoms with Gasteiger partial charge in [0.05, 0.1) is 0 Å². The average Bonchev–Trinajstić information content (AvgIpc) is 2.64. The minimum absolute atomic E-state index is 0.246. The largest absolute Gasteiger partial charge is 0.463 e. The van der Waals surface area contributed by atoms with Gasteiger partial charge in [0.15, 0.2) is 18.3 Å². The van der Waals surface area contributed by atoms with E-state index in [4.69, 9.17) is 23.7 Å². The fraction of sp³-hybridized carbons (Fsp3) is 0.500. The normalized spacial score (nSPS) is 25.7. The number of rotatable bonds is 7. The SMILES string of the molecule is CC(=O)OC[C@H]1O[C@H](Sc2ccccc2)[C@H](OC(C)=O)[C@@H](OC(C)=O)[C@H]1OC(C)=O. The maximum absolute atomic E-state index is 11.8. The van der Waals surface area contributed by atoms with Gasteiger partial charge in [0.1, 0.15) is 18.1 Å². The molecule has 0 spiro atoms. The molecule has 1 aromatic rings. The van der Waals surface area contributed by atoms with Gasteiger partial charge < -0.3 is 23.7 Å². The molecular weight excluding hydrogens is 416 g/mol. The minimum atomic E-state index is -1.16. The monoisotopic (exact) mass is 440 g/mol. The summed E-state index contributed by atoms with van der Waals surface area (Å²) in [4.78, 5) is 47.3. The van der Waals surface area contributed by atoms with Crippen LogP contribution in [0.1, 0.15) is 27.7 Å². The Morgan fingerprint density at radius 1 is 0.800 bits per heavy atom. The van der Waals surface area contributed by atoms with Gasteiger partial charge in [0.25, 0.3) is 0 Å². The highest BCUT2D eigenvalue weighted by molar-refractivity contribution is 7.99. The number of carbonyl (C=O) groups excluding carboxylic acids is 4. The fourth-order valence-corrected chi connectivity index (χ4v) is 4.04. The first-order valence-electron chi connectivity index (χ1n) is 9.19. The summed E-state index contributed by atoms with van der Waals surface area (Å²) in [5.74, 6) is -2.51. The summed E-state index contributed by atoms with van der Waals surface area (Å²) >= 11 is 1.23. The molecule has 1 aromatic carbocycles. The first-order chi connectivity index (χ1) is 14.2. The number of benzene rings is 1. The Balaban J connectivity index is 2.42. The van der Waals surface area contributed by atoms with Crippen molar-refractivity contribution in [2.45, 2.75) is 62.4 Å². The third-order valence-corrected chi connectivity index (χ3v) is 5.10. The second kappa shape index (κ2) is 11.0. The lowest BCUT2D eigenvalue weighted by atomic mass is 9.99. The van der Waals surface area contributed by atoms with Gasteiger partial charge in [-0.05, 0) is 12.1 Å². The van der Waals surface area contributed by atoms with E-state index in [1.807, 2.05) is 30.3 Å². The van der Waals surface area contributed by atoms with Gasteiger partial charge in [-0.3, -0.25) is 19.2 Å². The number of carbonyl (C=O) groups is 4. The molecule has 0 bridgehead atoms. The van der Waals surface area contributed by atoms with E-state index in [0.717, 1.165) is 4.90 Å². The van der Waals surface area contributed by atoms with E-state index in [1.54, 1.807) is 0 Å². The van der Waals surface area contributed by atoms with E-state index in [-0.39, 0.29) is 6.61 Å². The molecule has 0 aromatic heterocycles. The minimum Gasteiger partial charge on any atom is -0.463 e. The van der Waals surface area contributed by atoms with Crippen LogP contribution < -0.4 is 0 Å². The highest BCUT2D eigenvalue weighted by Gasteiger charge is 2.52. The highest BCUT2D eigenvalue weighted by atomic mass is 32.2. The molecule has 1 fully saturated rings. The molecule has 5 atom stereocenters. The van der Waals surface area contributed by atoms with Gasteiger partial charge in [0, 0.05) is 32.6 Å². The van der Waals surface area contributed by atoms with Crippen molar-refractivity contribution < 1.29 is 42.9 Å². The number of esters is 4. The van der Waals surface area contributed by atoms with Crippen molar-refractivity contribution in [1.29, 1.82) is 0 Å². The van der Waals surface area contributed by atoms with E-state index >= 15 is 0 Å². The Hall–Kier alpha value is -2.59. The Kier molecular flexibility index (Phi) is 8.67. The lowest BCUT2D eigenvalue weighted by molar-refractivity contribution is -0.237. The molecule has 1 aliphatic heterocycles. The second-order valence-electron chi connectivity index (χ2n) is 6.50. The molecule has 0 radical (unpaired) electrons. The maximum Gasteiger partial charge on any atom is 0.303 e. The quantitative estimate of drug-likeness (QED) is 0.460. The Labute approximate surface area is 178 Å². The first-order valence-corrected chi connectivity index (χ1v) is 10.1. The molecule has 164 valence electrons. The zero-order chi connectivity index (χ0) is 22.3. The van der Waals surface area contributed by atoms with Gasteiger partial charge in [-0.2, -0.15) is 0 Å². The van der Waals surface area contributed by atoms with E-state index in [2.05, 4.69) is 0 Å². The molecular formula is C20H24O9S. The smallest absolute Gasteiger partial charge is 0.303 e. The highest BCUT2D eigenvalue weighted by Crippen LogP contribution is 2.37. The van der Waals surface area contributed by atoms with Crippen molar-refractivity contribution in [3.63, 3.8) is 0 Å². The molecule has 1 saturated heterocycles. The lowest BCUT2D eigenvalue weighted by Crippen LogP contribution is -2.61. The summed E-state index contributed by atoms with van der Waals surface area (Å²) in [7, 11) is 0. The number of hydrogen-bond donors (Lipinski definition) is 0.